The molecule has 0 aliphatic heterocycles. The maximum atomic E-state index is 11.1. The fourth-order valence-corrected chi connectivity index (χ4v) is 1.89. The topological polar surface area (TPSA) is 120 Å². The van der Waals surface area contributed by atoms with Crippen molar-refractivity contribution in [3.63, 3.8) is 0 Å². The first-order valence-corrected chi connectivity index (χ1v) is 5.86. The number of imidazole rings is 1. The molecular weight excluding hydrogens is 309 g/mol. The van der Waals surface area contributed by atoms with Gasteiger partial charge < -0.3 is 10.9 Å². The zero-order valence-electron chi connectivity index (χ0n) is 9.70. The lowest BCUT2D eigenvalue weighted by Crippen LogP contribution is -2.13. The van der Waals surface area contributed by atoms with E-state index in [-0.39, 0.29) is 33.1 Å². The lowest BCUT2D eigenvalue weighted by atomic mass is 10.1. The predicted molar refractivity (Wildman–Crippen MR) is 72.7 cm³/mol. The summed E-state index contributed by atoms with van der Waals surface area (Å²) in [5.41, 5.74) is 5.47. The number of nitrogens with zero attached hydrogens (tertiary/aromatic N) is 4. The molecule has 1 aromatic carbocycles. The van der Waals surface area contributed by atoms with Gasteiger partial charge in [0.15, 0.2) is 16.1 Å². The molecule has 104 valence electrons. The van der Waals surface area contributed by atoms with Gasteiger partial charge in [-0.05, 0) is 12.1 Å². The SMILES string of the molecule is N/C(=N\O)c1ccc(-n2cnc(Cl)c2Cl)c([N+](=O)[O-])c1. The maximum Gasteiger partial charge on any atom is 0.294 e. The molecule has 0 amide bonds. The van der Waals surface area contributed by atoms with Crippen LogP contribution in [0.5, 0.6) is 0 Å². The molecule has 1 heterocycles. The van der Waals surface area contributed by atoms with Crippen LogP contribution in [0.3, 0.4) is 0 Å². The average molecular weight is 316 g/mol. The minimum absolute atomic E-state index is 0.0291. The van der Waals surface area contributed by atoms with Crippen LogP contribution in [-0.4, -0.2) is 25.5 Å². The van der Waals surface area contributed by atoms with Crippen LogP contribution in [0.25, 0.3) is 5.69 Å². The Kier molecular flexibility index (Phi) is 3.77. The molecule has 0 fully saturated rings. The molecule has 0 saturated carbocycles. The van der Waals surface area contributed by atoms with Crippen molar-refractivity contribution in [2.24, 2.45) is 10.9 Å². The molecule has 20 heavy (non-hydrogen) atoms. The Balaban J connectivity index is 2.65. The van der Waals surface area contributed by atoms with E-state index in [1.807, 2.05) is 0 Å². The Morgan fingerprint density at radius 3 is 2.70 bits per heavy atom. The van der Waals surface area contributed by atoms with Gasteiger partial charge in [0.25, 0.3) is 5.69 Å². The highest BCUT2D eigenvalue weighted by atomic mass is 35.5. The Morgan fingerprint density at radius 1 is 1.50 bits per heavy atom. The highest BCUT2D eigenvalue weighted by Crippen LogP contribution is 2.30. The molecule has 0 radical (unpaired) electrons. The van der Waals surface area contributed by atoms with E-state index in [2.05, 4.69) is 10.1 Å². The minimum Gasteiger partial charge on any atom is -0.409 e. The van der Waals surface area contributed by atoms with E-state index in [9.17, 15) is 10.1 Å². The van der Waals surface area contributed by atoms with Gasteiger partial charge in [-0.3, -0.25) is 14.7 Å². The monoisotopic (exact) mass is 315 g/mol. The average Bonchev–Trinajstić information content (AvgIpc) is 2.77. The summed E-state index contributed by atoms with van der Waals surface area (Å²) >= 11 is 11.6. The first-order valence-electron chi connectivity index (χ1n) is 5.10. The van der Waals surface area contributed by atoms with Gasteiger partial charge in [-0.1, -0.05) is 28.4 Å². The zero-order chi connectivity index (χ0) is 14.9. The van der Waals surface area contributed by atoms with E-state index >= 15 is 0 Å². The van der Waals surface area contributed by atoms with E-state index in [1.165, 1.54) is 23.0 Å². The van der Waals surface area contributed by atoms with E-state index in [0.29, 0.717) is 0 Å². The van der Waals surface area contributed by atoms with Gasteiger partial charge in [-0.15, -0.1) is 0 Å². The van der Waals surface area contributed by atoms with Crippen molar-refractivity contribution in [1.29, 1.82) is 0 Å². The van der Waals surface area contributed by atoms with Crippen molar-refractivity contribution in [3.05, 3.63) is 50.5 Å². The number of nitrogens with two attached hydrogens (primary N) is 1. The van der Waals surface area contributed by atoms with Crippen molar-refractivity contribution in [3.8, 4) is 5.69 Å². The fourth-order valence-electron chi connectivity index (χ4n) is 1.57. The number of oxime groups is 1. The molecule has 2 rings (SSSR count). The Morgan fingerprint density at radius 2 is 2.20 bits per heavy atom. The van der Waals surface area contributed by atoms with Crippen LogP contribution < -0.4 is 5.73 Å². The van der Waals surface area contributed by atoms with Gasteiger partial charge in [0.1, 0.15) is 12.0 Å². The summed E-state index contributed by atoms with van der Waals surface area (Å²) < 4.78 is 1.26. The van der Waals surface area contributed by atoms with Crippen LogP contribution >= 0.6 is 23.2 Å². The van der Waals surface area contributed by atoms with Crippen LogP contribution in [0.1, 0.15) is 5.56 Å². The predicted octanol–water partition coefficient (Wildman–Crippen LogP) is 2.18. The third kappa shape index (κ3) is 2.38. The molecule has 0 saturated heterocycles. The molecule has 3 N–H and O–H groups in total. The lowest BCUT2D eigenvalue weighted by Gasteiger charge is -2.07. The number of nitro groups is 1. The highest BCUT2D eigenvalue weighted by Gasteiger charge is 2.20. The standard InChI is InChI=1S/C10H7Cl2N5O3/c11-8-9(12)16(4-14-8)6-2-1-5(10(13)15-18)3-7(6)17(19)20/h1-4,18H,(H2,13,15). The van der Waals surface area contributed by atoms with Gasteiger partial charge >= 0.3 is 0 Å². The van der Waals surface area contributed by atoms with Crippen LogP contribution in [0.4, 0.5) is 5.69 Å². The quantitative estimate of drug-likeness (QED) is 0.296. The number of benzene rings is 1. The van der Waals surface area contributed by atoms with Gasteiger partial charge in [-0.25, -0.2) is 4.98 Å². The molecule has 1 aromatic heterocycles. The fraction of sp³-hybridized carbons (Fsp3) is 0. The second-order valence-corrected chi connectivity index (χ2v) is 4.36. The number of halogens is 2. The van der Waals surface area contributed by atoms with Crippen LogP contribution in [-0.2, 0) is 0 Å². The Hall–Kier alpha value is -2.32. The van der Waals surface area contributed by atoms with Crippen LogP contribution in [0.2, 0.25) is 10.3 Å². The van der Waals surface area contributed by atoms with E-state index in [0.717, 1.165) is 6.07 Å². The van der Waals surface area contributed by atoms with E-state index < -0.39 is 4.92 Å². The molecule has 8 nitrogen and oxygen atoms in total. The number of rotatable bonds is 3. The van der Waals surface area contributed by atoms with Crippen molar-refractivity contribution < 1.29 is 10.1 Å². The van der Waals surface area contributed by atoms with Gasteiger partial charge in [0, 0.05) is 11.6 Å². The highest BCUT2D eigenvalue weighted by molar-refractivity contribution is 6.40. The molecule has 10 heteroatoms. The Labute approximate surface area is 122 Å². The minimum atomic E-state index is -0.617. The summed E-state index contributed by atoms with van der Waals surface area (Å²) in [5.74, 6) is -0.241. The van der Waals surface area contributed by atoms with Crippen molar-refractivity contribution in [1.82, 2.24) is 9.55 Å². The number of hydrogen-bond acceptors (Lipinski definition) is 5. The molecule has 0 aliphatic rings. The van der Waals surface area contributed by atoms with Crippen molar-refractivity contribution in [2.45, 2.75) is 0 Å². The van der Waals surface area contributed by atoms with E-state index in [1.54, 1.807) is 0 Å². The molecule has 0 spiro atoms. The summed E-state index contributed by atoms with van der Waals surface area (Å²) in [6, 6.07) is 4.01. The molecule has 0 aliphatic carbocycles. The normalized spacial score (nSPS) is 11.6. The molecule has 2 aromatic rings. The smallest absolute Gasteiger partial charge is 0.294 e. The molecule has 0 bridgehead atoms. The summed E-state index contributed by atoms with van der Waals surface area (Å²) in [5, 5.41) is 22.6. The number of hydrogen-bond donors (Lipinski definition) is 2. The second kappa shape index (κ2) is 5.35. The third-order valence-corrected chi connectivity index (χ3v) is 3.24. The second-order valence-electron chi connectivity index (χ2n) is 3.64. The van der Waals surface area contributed by atoms with Gasteiger partial charge in [0.05, 0.1) is 4.92 Å². The molecule has 0 atom stereocenters. The Bertz CT molecular complexity index is 713. The first-order chi connectivity index (χ1) is 9.45. The largest absolute Gasteiger partial charge is 0.409 e. The zero-order valence-corrected chi connectivity index (χ0v) is 11.2. The summed E-state index contributed by atoms with van der Waals surface area (Å²) in [6.45, 7) is 0. The maximum absolute atomic E-state index is 11.1. The summed E-state index contributed by atoms with van der Waals surface area (Å²) in [6.07, 6.45) is 1.26. The summed E-state index contributed by atoms with van der Waals surface area (Å²) in [7, 11) is 0. The third-order valence-electron chi connectivity index (χ3n) is 2.50. The van der Waals surface area contributed by atoms with Crippen molar-refractivity contribution in [2.75, 3.05) is 0 Å². The molecular formula is C10H7Cl2N5O3. The lowest BCUT2D eigenvalue weighted by molar-refractivity contribution is -0.384. The van der Waals surface area contributed by atoms with Gasteiger partial charge in [-0.2, -0.15) is 0 Å². The van der Waals surface area contributed by atoms with Gasteiger partial charge in [0.2, 0.25) is 0 Å². The van der Waals surface area contributed by atoms with Crippen molar-refractivity contribution >= 4 is 34.7 Å². The van der Waals surface area contributed by atoms with Crippen LogP contribution in [0, 0.1) is 10.1 Å². The number of aromatic nitrogens is 2. The summed E-state index contributed by atoms with van der Waals surface area (Å²) in [4.78, 5) is 14.3. The molecule has 0 unspecified atom stereocenters. The number of nitro benzene ring substituents is 1. The van der Waals surface area contributed by atoms with E-state index in [4.69, 9.17) is 34.1 Å². The first kappa shape index (κ1) is 14.1. The van der Waals surface area contributed by atoms with Crippen LogP contribution in [0.15, 0.2) is 29.7 Å². The number of amidine groups is 1.